The van der Waals surface area contributed by atoms with Crippen LogP contribution in [0.15, 0.2) is 23.1 Å². The normalized spacial score (nSPS) is 10.5. The number of nitrogen functional groups attached to an aromatic ring is 1. The van der Waals surface area contributed by atoms with Gasteiger partial charge in [0.05, 0.1) is 11.9 Å². The highest BCUT2D eigenvalue weighted by atomic mass is 16.1. The lowest BCUT2D eigenvalue weighted by atomic mass is 10.4. The summed E-state index contributed by atoms with van der Waals surface area (Å²) in [5.74, 6) is 0.593. The average Bonchev–Trinajstić information content (AvgIpc) is 2.58. The van der Waals surface area contributed by atoms with Gasteiger partial charge in [-0.1, -0.05) is 0 Å². The molecule has 6 nitrogen and oxygen atoms in total. The second-order valence-corrected chi connectivity index (χ2v) is 3.27. The van der Waals surface area contributed by atoms with Gasteiger partial charge < -0.3 is 5.73 Å². The van der Waals surface area contributed by atoms with Crippen LogP contribution in [0.3, 0.4) is 0 Å². The molecule has 6 heteroatoms. The molecule has 0 aromatic carbocycles. The zero-order valence-corrected chi connectivity index (χ0v) is 8.51. The largest absolute Gasteiger partial charge is 0.394 e. The summed E-state index contributed by atoms with van der Waals surface area (Å²) in [6, 6.07) is 3.25. The van der Waals surface area contributed by atoms with Crippen LogP contribution in [-0.2, 0) is 7.05 Å². The fourth-order valence-electron chi connectivity index (χ4n) is 1.37. The third-order valence-electron chi connectivity index (χ3n) is 2.07. The van der Waals surface area contributed by atoms with E-state index >= 15 is 0 Å². The van der Waals surface area contributed by atoms with Crippen molar-refractivity contribution in [1.82, 2.24) is 19.6 Å². The summed E-state index contributed by atoms with van der Waals surface area (Å²) >= 11 is 0. The van der Waals surface area contributed by atoms with E-state index in [9.17, 15) is 4.79 Å². The van der Waals surface area contributed by atoms with Crippen LogP contribution in [0.2, 0.25) is 0 Å². The molecule has 2 N–H and O–H groups in total. The van der Waals surface area contributed by atoms with Gasteiger partial charge in [0.25, 0.3) is 5.56 Å². The molecule has 0 unspecified atom stereocenters. The third kappa shape index (κ3) is 1.50. The van der Waals surface area contributed by atoms with Crippen LogP contribution < -0.4 is 11.3 Å². The summed E-state index contributed by atoms with van der Waals surface area (Å²) in [6.07, 6.45) is 1.60. The summed E-state index contributed by atoms with van der Waals surface area (Å²) in [7, 11) is 1.74. The number of hydrogen-bond donors (Lipinski definition) is 1. The second-order valence-electron chi connectivity index (χ2n) is 3.27. The molecule has 78 valence electrons. The lowest BCUT2D eigenvalue weighted by molar-refractivity contribution is 0.671. The van der Waals surface area contributed by atoms with E-state index in [-0.39, 0.29) is 11.2 Å². The van der Waals surface area contributed by atoms with Crippen LogP contribution in [0.4, 0.5) is 5.69 Å². The summed E-state index contributed by atoms with van der Waals surface area (Å²) in [6.45, 7) is 1.78. The molecule has 0 aliphatic carbocycles. The molecule has 2 aromatic rings. The number of rotatable bonds is 1. The molecule has 0 aliphatic rings. The molecular weight excluding hydrogens is 194 g/mol. The maximum atomic E-state index is 11.7. The van der Waals surface area contributed by atoms with Crippen LogP contribution in [0, 0.1) is 6.92 Å². The SMILES string of the molecule is Cc1cc(N)c(=O)n(-c2ccnn2C)n1. The molecule has 0 radical (unpaired) electrons. The Kier molecular flexibility index (Phi) is 2.03. The lowest BCUT2D eigenvalue weighted by Crippen LogP contribution is -2.26. The minimum absolute atomic E-state index is 0.184. The van der Waals surface area contributed by atoms with Gasteiger partial charge >= 0.3 is 0 Å². The Balaban J connectivity index is 2.74. The fourth-order valence-corrected chi connectivity index (χ4v) is 1.37. The predicted molar refractivity (Wildman–Crippen MR) is 55.7 cm³/mol. The first-order valence-corrected chi connectivity index (χ1v) is 4.44. The molecule has 0 amide bonds. The Morgan fingerprint density at radius 3 is 2.80 bits per heavy atom. The van der Waals surface area contributed by atoms with Crippen molar-refractivity contribution in [3.63, 3.8) is 0 Å². The van der Waals surface area contributed by atoms with Gasteiger partial charge in [0.2, 0.25) is 0 Å². The molecule has 0 saturated carbocycles. The molecule has 0 saturated heterocycles. The van der Waals surface area contributed by atoms with Crippen molar-refractivity contribution in [3.8, 4) is 5.82 Å². The summed E-state index contributed by atoms with van der Waals surface area (Å²) in [4.78, 5) is 11.7. The maximum absolute atomic E-state index is 11.7. The molecule has 2 rings (SSSR count). The first kappa shape index (κ1) is 9.45. The molecular formula is C9H11N5O. The topological polar surface area (TPSA) is 78.7 Å². The first-order valence-electron chi connectivity index (χ1n) is 4.44. The molecule has 0 spiro atoms. The van der Waals surface area contributed by atoms with Crippen LogP contribution >= 0.6 is 0 Å². The van der Waals surface area contributed by atoms with Crippen molar-refractivity contribution in [2.45, 2.75) is 6.92 Å². The van der Waals surface area contributed by atoms with Crippen molar-refractivity contribution in [2.24, 2.45) is 7.05 Å². The zero-order chi connectivity index (χ0) is 11.0. The lowest BCUT2D eigenvalue weighted by Gasteiger charge is -2.06. The fraction of sp³-hybridized carbons (Fsp3) is 0.222. The predicted octanol–water partition coefficient (Wildman–Crippen LogP) is -0.143. The van der Waals surface area contributed by atoms with E-state index in [1.54, 1.807) is 37.0 Å². The zero-order valence-electron chi connectivity index (χ0n) is 8.51. The molecule has 0 aliphatic heterocycles. The summed E-state index contributed by atoms with van der Waals surface area (Å²) in [5, 5.41) is 8.07. The molecule has 0 fully saturated rings. The van der Waals surface area contributed by atoms with Crippen molar-refractivity contribution in [1.29, 1.82) is 0 Å². The van der Waals surface area contributed by atoms with E-state index in [4.69, 9.17) is 5.73 Å². The van der Waals surface area contributed by atoms with Crippen molar-refractivity contribution in [2.75, 3.05) is 5.73 Å². The average molecular weight is 205 g/mol. The van der Waals surface area contributed by atoms with Gasteiger partial charge in [0.1, 0.15) is 5.69 Å². The smallest absolute Gasteiger partial charge is 0.296 e. The van der Waals surface area contributed by atoms with Gasteiger partial charge in [-0.25, -0.2) is 0 Å². The molecule has 2 aromatic heterocycles. The Labute approximate surface area is 85.9 Å². The van der Waals surface area contributed by atoms with E-state index in [0.717, 1.165) is 0 Å². The van der Waals surface area contributed by atoms with E-state index in [1.165, 1.54) is 4.68 Å². The number of hydrogen-bond acceptors (Lipinski definition) is 4. The number of aryl methyl sites for hydroxylation is 2. The van der Waals surface area contributed by atoms with Gasteiger partial charge in [-0.2, -0.15) is 14.9 Å². The van der Waals surface area contributed by atoms with Gasteiger partial charge in [0, 0.05) is 13.1 Å². The monoisotopic (exact) mass is 205 g/mol. The number of nitrogens with zero attached hydrogens (tertiary/aromatic N) is 4. The van der Waals surface area contributed by atoms with E-state index in [2.05, 4.69) is 10.2 Å². The first-order chi connectivity index (χ1) is 7.09. The molecule has 15 heavy (non-hydrogen) atoms. The van der Waals surface area contributed by atoms with Gasteiger partial charge in [0.15, 0.2) is 5.82 Å². The Hall–Kier alpha value is -2.11. The standard InChI is InChI=1S/C9H11N5O/c1-6-5-7(10)9(15)14(12-6)8-3-4-11-13(8)2/h3-5H,10H2,1-2H3. The van der Waals surface area contributed by atoms with Crippen molar-refractivity contribution in [3.05, 3.63) is 34.4 Å². The van der Waals surface area contributed by atoms with Gasteiger partial charge in [-0.05, 0) is 13.0 Å². The number of aromatic nitrogens is 4. The van der Waals surface area contributed by atoms with Crippen molar-refractivity contribution >= 4 is 5.69 Å². The summed E-state index contributed by atoms with van der Waals surface area (Å²) in [5.41, 5.74) is 6.12. The van der Waals surface area contributed by atoms with E-state index in [1.807, 2.05) is 0 Å². The van der Waals surface area contributed by atoms with Crippen molar-refractivity contribution < 1.29 is 0 Å². The van der Waals surface area contributed by atoms with E-state index < -0.39 is 0 Å². The Bertz CT molecular complexity index is 554. The highest BCUT2D eigenvalue weighted by Crippen LogP contribution is 2.03. The molecule has 2 heterocycles. The Morgan fingerprint density at radius 1 is 1.47 bits per heavy atom. The second kappa shape index (κ2) is 3.23. The third-order valence-corrected chi connectivity index (χ3v) is 2.07. The number of nitrogens with two attached hydrogens (primary N) is 1. The van der Waals surface area contributed by atoms with Crippen LogP contribution in [0.1, 0.15) is 5.69 Å². The number of anilines is 1. The minimum Gasteiger partial charge on any atom is -0.394 e. The van der Waals surface area contributed by atoms with Crippen LogP contribution in [0.25, 0.3) is 5.82 Å². The van der Waals surface area contributed by atoms with Gasteiger partial charge in [-0.3, -0.25) is 9.48 Å². The summed E-state index contributed by atoms with van der Waals surface area (Å²) < 4.78 is 2.81. The minimum atomic E-state index is -0.329. The quantitative estimate of drug-likeness (QED) is 0.702. The molecule has 0 atom stereocenters. The maximum Gasteiger partial charge on any atom is 0.296 e. The highest BCUT2D eigenvalue weighted by molar-refractivity contribution is 5.37. The van der Waals surface area contributed by atoms with Crippen LogP contribution in [0.5, 0.6) is 0 Å². The van der Waals surface area contributed by atoms with E-state index in [0.29, 0.717) is 11.5 Å². The Morgan fingerprint density at radius 2 is 2.20 bits per heavy atom. The highest BCUT2D eigenvalue weighted by Gasteiger charge is 2.08. The molecule has 0 bridgehead atoms. The van der Waals surface area contributed by atoms with Gasteiger partial charge in [-0.15, -0.1) is 0 Å². The van der Waals surface area contributed by atoms with Crippen LogP contribution in [-0.4, -0.2) is 19.6 Å².